The molecule has 5 nitrogen and oxygen atoms in total. The van der Waals surface area contributed by atoms with Crippen LogP contribution in [-0.4, -0.2) is 68.4 Å². The van der Waals surface area contributed by atoms with Crippen molar-refractivity contribution >= 4 is 15.7 Å². The van der Waals surface area contributed by atoms with Gasteiger partial charge < -0.3 is 9.80 Å². The number of hydrogen-bond donors (Lipinski definition) is 0. The second-order valence-corrected chi connectivity index (χ2v) is 8.58. The van der Waals surface area contributed by atoms with Crippen molar-refractivity contribution in [3.05, 3.63) is 0 Å². The minimum atomic E-state index is -2.84. The molecule has 2 saturated heterocycles. The molecule has 2 rings (SSSR count). The molecule has 0 aromatic heterocycles. The summed E-state index contributed by atoms with van der Waals surface area (Å²) in [5.41, 5.74) is 0. The first-order valence-corrected chi connectivity index (χ1v) is 9.38. The van der Waals surface area contributed by atoms with Crippen molar-refractivity contribution < 1.29 is 13.2 Å². The highest BCUT2D eigenvalue weighted by atomic mass is 32.2. The summed E-state index contributed by atoms with van der Waals surface area (Å²) in [6.07, 6.45) is 3.40. The van der Waals surface area contributed by atoms with Crippen molar-refractivity contribution in [2.75, 3.05) is 38.2 Å². The van der Waals surface area contributed by atoms with Gasteiger partial charge in [0.25, 0.3) is 0 Å². The molecule has 1 amide bonds. The molecule has 0 N–H and O–H groups in total. The van der Waals surface area contributed by atoms with Crippen LogP contribution < -0.4 is 0 Å². The van der Waals surface area contributed by atoms with Crippen molar-refractivity contribution in [3.63, 3.8) is 0 Å². The summed E-state index contributed by atoms with van der Waals surface area (Å²) < 4.78 is 22.9. The van der Waals surface area contributed by atoms with Gasteiger partial charge in [-0.2, -0.15) is 0 Å². The lowest BCUT2D eigenvalue weighted by Crippen LogP contribution is -2.40. The topological polar surface area (TPSA) is 57.7 Å². The van der Waals surface area contributed by atoms with Crippen molar-refractivity contribution in [1.82, 2.24) is 9.80 Å². The van der Waals surface area contributed by atoms with E-state index in [1.807, 2.05) is 16.8 Å². The van der Waals surface area contributed by atoms with Gasteiger partial charge in [-0.05, 0) is 32.2 Å². The molecule has 0 aliphatic carbocycles. The quantitative estimate of drug-likeness (QED) is 0.769. The van der Waals surface area contributed by atoms with E-state index in [0.29, 0.717) is 25.1 Å². The molecule has 0 bridgehead atoms. The lowest BCUT2D eigenvalue weighted by Gasteiger charge is -2.31. The highest BCUT2D eigenvalue weighted by molar-refractivity contribution is 7.91. The number of sulfone groups is 1. The van der Waals surface area contributed by atoms with Crippen molar-refractivity contribution in [1.29, 1.82) is 0 Å². The van der Waals surface area contributed by atoms with E-state index in [2.05, 4.69) is 6.92 Å². The highest BCUT2D eigenvalue weighted by Gasteiger charge is 2.31. The summed E-state index contributed by atoms with van der Waals surface area (Å²) in [7, 11) is -0.915. The number of likely N-dealkylation sites (tertiary alicyclic amines) is 1. The van der Waals surface area contributed by atoms with Crippen LogP contribution in [-0.2, 0) is 14.6 Å². The van der Waals surface area contributed by atoms with Crippen LogP contribution in [0.4, 0.5) is 0 Å². The predicted molar refractivity (Wildman–Crippen MR) is 79.3 cm³/mol. The summed E-state index contributed by atoms with van der Waals surface area (Å²) >= 11 is 0. The molecule has 0 spiro atoms. The highest BCUT2D eigenvalue weighted by Crippen LogP contribution is 2.18. The second-order valence-electron chi connectivity index (χ2n) is 6.35. The van der Waals surface area contributed by atoms with Crippen LogP contribution >= 0.6 is 0 Å². The first kappa shape index (κ1) is 15.8. The number of carbonyl (C=O) groups excluding carboxylic acids is 1. The van der Waals surface area contributed by atoms with Crippen LogP contribution in [0.25, 0.3) is 0 Å². The number of rotatable bonds is 4. The maximum absolute atomic E-state index is 12.1. The van der Waals surface area contributed by atoms with Crippen LogP contribution in [0.5, 0.6) is 0 Å². The first-order chi connectivity index (χ1) is 9.37. The molecule has 2 heterocycles. The van der Waals surface area contributed by atoms with Crippen molar-refractivity contribution in [2.24, 2.45) is 5.92 Å². The standard InChI is InChI=1S/C14H26N2O3S/c1-12-3-8-16(9-4-12)14(17)5-7-15(2)13-6-10-20(18,19)11-13/h12-13H,3-11H2,1-2H3. The van der Waals surface area contributed by atoms with E-state index < -0.39 is 9.84 Å². The Hall–Kier alpha value is -0.620. The molecule has 0 radical (unpaired) electrons. The van der Waals surface area contributed by atoms with E-state index >= 15 is 0 Å². The lowest BCUT2D eigenvalue weighted by atomic mass is 9.99. The minimum Gasteiger partial charge on any atom is -0.343 e. The first-order valence-electron chi connectivity index (χ1n) is 7.56. The van der Waals surface area contributed by atoms with E-state index in [9.17, 15) is 13.2 Å². The molecular formula is C14H26N2O3S. The van der Waals surface area contributed by atoms with Gasteiger partial charge in [0.1, 0.15) is 0 Å². The molecule has 1 unspecified atom stereocenters. The maximum atomic E-state index is 12.1. The zero-order valence-electron chi connectivity index (χ0n) is 12.5. The van der Waals surface area contributed by atoms with Gasteiger partial charge >= 0.3 is 0 Å². The summed E-state index contributed by atoms with van der Waals surface area (Å²) in [5, 5.41) is 0. The van der Waals surface area contributed by atoms with E-state index in [4.69, 9.17) is 0 Å². The Morgan fingerprint density at radius 2 is 1.90 bits per heavy atom. The van der Waals surface area contributed by atoms with Gasteiger partial charge in [0, 0.05) is 32.1 Å². The summed E-state index contributed by atoms with van der Waals surface area (Å²) in [4.78, 5) is 16.1. The number of piperidine rings is 1. The Balaban J connectivity index is 1.73. The molecule has 116 valence electrons. The van der Waals surface area contributed by atoms with Gasteiger partial charge in [-0.25, -0.2) is 8.42 Å². The Morgan fingerprint density at radius 3 is 2.45 bits per heavy atom. The Bertz CT molecular complexity index is 441. The maximum Gasteiger partial charge on any atom is 0.223 e. The van der Waals surface area contributed by atoms with Gasteiger partial charge in [0.05, 0.1) is 11.5 Å². The Labute approximate surface area is 122 Å². The zero-order valence-corrected chi connectivity index (χ0v) is 13.4. The Morgan fingerprint density at radius 1 is 1.25 bits per heavy atom. The number of amides is 1. The fourth-order valence-corrected chi connectivity index (χ4v) is 4.80. The minimum absolute atomic E-state index is 0.0918. The molecule has 0 aromatic carbocycles. The smallest absolute Gasteiger partial charge is 0.223 e. The molecular weight excluding hydrogens is 276 g/mol. The summed E-state index contributed by atoms with van der Waals surface area (Å²) in [6, 6.07) is 0.0918. The van der Waals surface area contributed by atoms with Gasteiger partial charge in [-0.1, -0.05) is 6.92 Å². The molecule has 6 heteroatoms. The van der Waals surface area contributed by atoms with Crippen LogP contribution in [0.1, 0.15) is 32.6 Å². The van der Waals surface area contributed by atoms with E-state index in [0.717, 1.165) is 31.8 Å². The van der Waals surface area contributed by atoms with Crippen LogP contribution in [0.3, 0.4) is 0 Å². The van der Waals surface area contributed by atoms with Crippen LogP contribution in [0.15, 0.2) is 0 Å². The van der Waals surface area contributed by atoms with Crippen molar-refractivity contribution in [3.8, 4) is 0 Å². The lowest BCUT2D eigenvalue weighted by molar-refractivity contribution is -0.132. The second kappa shape index (κ2) is 6.43. The third-order valence-electron chi connectivity index (χ3n) is 4.65. The normalized spacial score (nSPS) is 27.1. The van der Waals surface area contributed by atoms with Gasteiger partial charge in [-0.15, -0.1) is 0 Å². The van der Waals surface area contributed by atoms with Gasteiger partial charge in [-0.3, -0.25) is 4.79 Å². The predicted octanol–water partition coefficient (Wildman–Crippen LogP) is 0.754. The zero-order chi connectivity index (χ0) is 14.8. The fraction of sp³-hybridized carbons (Fsp3) is 0.929. The monoisotopic (exact) mass is 302 g/mol. The third-order valence-corrected chi connectivity index (χ3v) is 6.40. The number of carbonyl (C=O) groups is 1. The molecule has 1 atom stereocenters. The molecule has 2 aliphatic heterocycles. The SMILES string of the molecule is CC1CCN(C(=O)CCN(C)C2CCS(=O)(=O)C2)CC1. The van der Waals surface area contributed by atoms with Gasteiger partial charge in [0.15, 0.2) is 9.84 Å². The van der Waals surface area contributed by atoms with E-state index in [1.165, 1.54) is 0 Å². The number of nitrogens with zero attached hydrogens (tertiary/aromatic N) is 2. The average molecular weight is 302 g/mol. The average Bonchev–Trinajstić information content (AvgIpc) is 2.77. The summed E-state index contributed by atoms with van der Waals surface area (Å²) in [6.45, 7) is 4.64. The van der Waals surface area contributed by atoms with Crippen molar-refractivity contribution in [2.45, 2.75) is 38.6 Å². The molecule has 0 saturated carbocycles. The molecule has 2 aliphatic rings. The van der Waals surface area contributed by atoms with E-state index in [1.54, 1.807) is 0 Å². The Kier molecular flexibility index (Phi) is 5.07. The van der Waals surface area contributed by atoms with E-state index in [-0.39, 0.29) is 17.7 Å². The number of hydrogen-bond acceptors (Lipinski definition) is 4. The molecule has 20 heavy (non-hydrogen) atoms. The van der Waals surface area contributed by atoms with Gasteiger partial charge in [0.2, 0.25) is 5.91 Å². The summed E-state index contributed by atoms with van der Waals surface area (Å²) in [5.74, 6) is 1.48. The molecule has 0 aromatic rings. The third kappa shape index (κ3) is 4.19. The van der Waals surface area contributed by atoms with Crippen LogP contribution in [0, 0.1) is 5.92 Å². The molecule has 2 fully saturated rings. The fourth-order valence-electron chi connectivity index (χ4n) is 2.99. The largest absolute Gasteiger partial charge is 0.343 e. The van der Waals surface area contributed by atoms with Crippen LogP contribution in [0.2, 0.25) is 0 Å².